The van der Waals surface area contributed by atoms with Crippen molar-refractivity contribution in [2.45, 2.75) is 26.2 Å². The Kier molecular flexibility index (Phi) is 5.11. The minimum atomic E-state index is -4.17. The summed E-state index contributed by atoms with van der Waals surface area (Å²) in [5, 5.41) is 0. The Morgan fingerprint density at radius 2 is 2.04 bits per heavy atom. The van der Waals surface area contributed by atoms with E-state index in [2.05, 4.69) is 26.2 Å². The van der Waals surface area contributed by atoms with E-state index in [0.29, 0.717) is 23.6 Å². The smallest absolute Gasteiger partial charge is 0.419 e. The van der Waals surface area contributed by atoms with Gasteiger partial charge in [0.05, 0.1) is 12.9 Å². The Balaban J connectivity index is 0.000000376. The van der Waals surface area contributed by atoms with Gasteiger partial charge < -0.3 is 25.0 Å². The van der Waals surface area contributed by atoms with Crippen LogP contribution >= 0.6 is 18.2 Å². The number of fused-ring (bicyclic) bond motifs is 2. The maximum atomic E-state index is 9.09. The third kappa shape index (κ3) is 4.74. The van der Waals surface area contributed by atoms with Crippen molar-refractivity contribution >= 4 is 35.2 Å². The van der Waals surface area contributed by atoms with Crippen molar-refractivity contribution in [1.82, 2.24) is 19.5 Å². The highest BCUT2D eigenvalue weighted by Crippen LogP contribution is 2.48. The van der Waals surface area contributed by atoms with Crippen molar-refractivity contribution in [1.29, 1.82) is 0 Å². The molecule has 4 rings (SSSR count). The molecule has 3 aromatic rings. The zero-order chi connectivity index (χ0) is 19.8. The lowest BCUT2D eigenvalue weighted by Gasteiger charge is -2.27. The number of anilines is 1. The summed E-state index contributed by atoms with van der Waals surface area (Å²) < 4.78 is 22.4. The van der Waals surface area contributed by atoms with Crippen LogP contribution < -0.4 is 10.5 Å². The number of nitrogens with two attached hydrogens (primary N) is 1. The number of aromatic nitrogens is 4. The minimum absolute atomic E-state index is 0.362. The molecule has 27 heavy (non-hydrogen) atoms. The molecule has 0 amide bonds. The topological polar surface area (TPSA) is 149 Å². The van der Waals surface area contributed by atoms with Gasteiger partial charge in [0.25, 0.3) is 0 Å². The summed E-state index contributed by atoms with van der Waals surface area (Å²) in [6, 6.07) is 5.89. The monoisotopic (exact) mass is 413 g/mol. The number of nitrogens with zero attached hydrogens (tertiary/aromatic N) is 4. The third-order valence-corrected chi connectivity index (χ3v) is 3.75. The molecule has 12 heteroatoms. The van der Waals surface area contributed by atoms with Crippen LogP contribution in [0.15, 0.2) is 30.9 Å². The van der Waals surface area contributed by atoms with Gasteiger partial charge >= 0.3 is 6.95 Å². The molecule has 10 nitrogen and oxygen atoms in total. The highest BCUT2D eigenvalue weighted by Gasteiger charge is 2.28. The second kappa shape index (κ2) is 7.06. The van der Waals surface area contributed by atoms with Crippen LogP contribution in [0.1, 0.15) is 19.4 Å². The van der Waals surface area contributed by atoms with Gasteiger partial charge in [0.15, 0.2) is 23.0 Å². The third-order valence-electron chi connectivity index (χ3n) is 3.75. The lowest BCUT2D eigenvalue weighted by Crippen LogP contribution is -2.29. The average Bonchev–Trinajstić information content (AvgIpc) is 3.21. The van der Waals surface area contributed by atoms with Gasteiger partial charge in [0.1, 0.15) is 17.6 Å². The summed E-state index contributed by atoms with van der Waals surface area (Å²) in [5.74, 6) is 2.20. The van der Waals surface area contributed by atoms with Gasteiger partial charge in [-0.3, -0.25) is 4.57 Å². The fourth-order valence-corrected chi connectivity index (χ4v) is 2.43. The molecule has 0 aliphatic carbocycles. The first-order valence-corrected chi connectivity index (χ1v) is 10.2. The first kappa shape index (κ1) is 19.5. The molecule has 0 atom stereocenters. The van der Waals surface area contributed by atoms with Crippen molar-refractivity contribution in [2.24, 2.45) is 0 Å². The number of rotatable bonds is 4. The van der Waals surface area contributed by atoms with Gasteiger partial charge in [0.2, 0.25) is 0 Å². The van der Waals surface area contributed by atoms with Crippen molar-refractivity contribution in [3.63, 3.8) is 0 Å². The van der Waals surface area contributed by atoms with E-state index in [1.807, 2.05) is 36.6 Å². The van der Waals surface area contributed by atoms with Crippen molar-refractivity contribution in [2.75, 3.05) is 5.73 Å². The second-order valence-electron chi connectivity index (χ2n) is 6.10. The number of hydrogen-bond donors (Lipinski definition) is 3. The molecule has 0 saturated heterocycles. The normalized spacial score (nSPS) is 12.8. The van der Waals surface area contributed by atoms with Gasteiger partial charge in [-0.1, -0.05) is 12.1 Å². The SMILES string of the molecule is CC(C)(OCc1cccc2c1O2)n1cnc2c(N)ncnc21.O=P(O)(O)Cl. The number of halogens is 1. The lowest BCUT2D eigenvalue weighted by molar-refractivity contribution is -0.0865. The van der Waals surface area contributed by atoms with E-state index in [1.54, 1.807) is 6.33 Å². The van der Waals surface area contributed by atoms with E-state index in [-0.39, 0.29) is 0 Å². The molecule has 1 aromatic carbocycles. The van der Waals surface area contributed by atoms with Crippen LogP contribution in [-0.2, 0) is 21.6 Å². The molecule has 0 saturated carbocycles. The van der Waals surface area contributed by atoms with Gasteiger partial charge in [-0.05, 0) is 19.9 Å². The van der Waals surface area contributed by atoms with E-state index in [1.165, 1.54) is 6.33 Å². The number of para-hydroxylation sites is 1. The highest BCUT2D eigenvalue weighted by molar-refractivity contribution is 7.79. The lowest BCUT2D eigenvalue weighted by atomic mass is 10.2. The summed E-state index contributed by atoms with van der Waals surface area (Å²) in [4.78, 5) is 27.3. The van der Waals surface area contributed by atoms with Crippen LogP contribution in [0, 0.1) is 0 Å². The Bertz CT molecular complexity index is 1030. The standard InChI is InChI=1S/C15H15N5O2.ClH2O3P/c1-15(2,21-6-9-4-3-5-10-12(9)22-10)20-8-19-11-13(16)17-7-18-14(11)20;1-5(2,3)4/h3-5,7-8H,6H2,1-2H3,(H2,16,17,18);(H2,2,3,4). The molecule has 2 aromatic heterocycles. The van der Waals surface area contributed by atoms with Crippen LogP contribution in [0.3, 0.4) is 0 Å². The predicted molar refractivity (Wildman–Crippen MR) is 98.3 cm³/mol. The molecule has 0 unspecified atom stereocenters. The van der Waals surface area contributed by atoms with Gasteiger partial charge in [-0.25, -0.2) is 19.5 Å². The molecule has 1 aliphatic heterocycles. The van der Waals surface area contributed by atoms with Crippen molar-refractivity contribution in [3.05, 3.63) is 36.4 Å². The molecular weight excluding hydrogens is 397 g/mol. The maximum absolute atomic E-state index is 9.09. The number of nitrogen functional groups attached to an aromatic ring is 1. The van der Waals surface area contributed by atoms with E-state index in [4.69, 9.17) is 29.6 Å². The number of imidazole rings is 1. The fourth-order valence-electron chi connectivity index (χ4n) is 2.43. The quantitative estimate of drug-likeness (QED) is 0.339. The first-order chi connectivity index (χ1) is 12.6. The average molecular weight is 414 g/mol. The van der Waals surface area contributed by atoms with Gasteiger partial charge in [-0.2, -0.15) is 0 Å². The zero-order valence-corrected chi connectivity index (χ0v) is 16.1. The van der Waals surface area contributed by atoms with Crippen LogP contribution in [0.5, 0.6) is 11.5 Å². The van der Waals surface area contributed by atoms with E-state index >= 15 is 0 Å². The van der Waals surface area contributed by atoms with Crippen molar-refractivity contribution in [3.8, 4) is 11.5 Å². The van der Waals surface area contributed by atoms with E-state index in [9.17, 15) is 0 Å². The van der Waals surface area contributed by atoms with E-state index < -0.39 is 12.7 Å². The molecule has 0 radical (unpaired) electrons. The first-order valence-electron chi connectivity index (χ1n) is 7.69. The summed E-state index contributed by atoms with van der Waals surface area (Å²) >= 11 is 4.20. The molecule has 0 fully saturated rings. The molecular formula is C15H17ClN5O5P. The zero-order valence-electron chi connectivity index (χ0n) is 14.4. The summed E-state index contributed by atoms with van der Waals surface area (Å²) in [6.07, 6.45) is 3.10. The summed E-state index contributed by atoms with van der Waals surface area (Å²) in [7, 11) is 0. The Hall–Kier alpha value is -2.23. The number of hydrogen-bond acceptors (Lipinski definition) is 7. The van der Waals surface area contributed by atoms with Crippen LogP contribution in [-0.4, -0.2) is 29.3 Å². The second-order valence-corrected chi connectivity index (χ2v) is 8.37. The highest BCUT2D eigenvalue weighted by atomic mass is 35.7. The minimum Gasteiger partial charge on any atom is -0.449 e. The molecule has 144 valence electrons. The van der Waals surface area contributed by atoms with Crippen molar-refractivity contribution < 1.29 is 23.8 Å². The Labute approximate surface area is 158 Å². The van der Waals surface area contributed by atoms with Crippen LogP contribution in [0.2, 0.25) is 0 Å². The molecule has 0 spiro atoms. The Morgan fingerprint density at radius 1 is 1.33 bits per heavy atom. The predicted octanol–water partition coefficient (Wildman–Crippen LogP) is 2.74. The molecule has 4 N–H and O–H groups in total. The van der Waals surface area contributed by atoms with Gasteiger partial charge in [-0.15, -0.1) is 0 Å². The van der Waals surface area contributed by atoms with Gasteiger partial charge in [0, 0.05) is 16.8 Å². The molecule has 0 bridgehead atoms. The molecule has 3 heterocycles. The maximum Gasteiger partial charge on any atom is 0.419 e. The number of ether oxygens (including phenoxy) is 2. The van der Waals surface area contributed by atoms with Crippen LogP contribution in [0.4, 0.5) is 5.82 Å². The molecule has 1 aliphatic rings. The van der Waals surface area contributed by atoms with Crippen LogP contribution in [0.25, 0.3) is 11.2 Å². The summed E-state index contributed by atoms with van der Waals surface area (Å²) in [6.45, 7) is 0.180. The summed E-state index contributed by atoms with van der Waals surface area (Å²) in [5.41, 5.74) is 7.45. The van der Waals surface area contributed by atoms with E-state index in [0.717, 1.165) is 17.1 Å². The largest absolute Gasteiger partial charge is 0.449 e. The fraction of sp³-hybridized carbons (Fsp3) is 0.267. The number of benzene rings is 1. The Morgan fingerprint density at radius 3 is 2.74 bits per heavy atom.